The van der Waals surface area contributed by atoms with Crippen LogP contribution in [0.5, 0.6) is 0 Å². The fourth-order valence-electron chi connectivity index (χ4n) is 4.49. The van der Waals surface area contributed by atoms with Crippen LogP contribution in [-0.4, -0.2) is 131 Å². The molecule has 0 unspecified atom stereocenters. The standard InChI is InChI=1S/C30H44N2O16/c1-8-10-41-11-12-42-13-14-44-30(29(39)40-7)15-22(45-19(4)34)26(32-25(38)17-43-18(3)33)28(48-30)27(47-21(6)36)23(46-20(5)35)16-31-24(37)9-2/h1,22-23,26-28H,9-17H2,2-7H3,(H,31,37)(H,32,38)/t22-,23+,26+,27+,28+,30+/m0/s1. The topological polar surface area (TPSA) is 227 Å². The summed E-state index contributed by atoms with van der Waals surface area (Å²) >= 11 is 0. The quantitative estimate of drug-likeness (QED) is 0.0656. The number of esters is 5. The molecular weight excluding hydrogens is 644 g/mol. The lowest BCUT2D eigenvalue weighted by Gasteiger charge is -2.48. The fourth-order valence-corrected chi connectivity index (χ4v) is 4.49. The van der Waals surface area contributed by atoms with E-state index in [0.717, 1.165) is 34.8 Å². The molecule has 0 aromatic heterocycles. The summed E-state index contributed by atoms with van der Waals surface area (Å²) in [6.45, 7) is 4.56. The number of hydrogen-bond donors (Lipinski definition) is 2. The largest absolute Gasteiger partial charge is 0.465 e. The van der Waals surface area contributed by atoms with Gasteiger partial charge in [0.05, 0.1) is 52.5 Å². The van der Waals surface area contributed by atoms with Crippen LogP contribution in [0.1, 0.15) is 47.5 Å². The lowest BCUT2D eigenvalue weighted by Crippen LogP contribution is -2.70. The van der Waals surface area contributed by atoms with Crippen LogP contribution in [-0.2, 0) is 76.2 Å². The highest BCUT2D eigenvalue weighted by Gasteiger charge is 2.59. The van der Waals surface area contributed by atoms with Gasteiger partial charge in [0, 0.05) is 34.1 Å². The van der Waals surface area contributed by atoms with Crippen molar-refractivity contribution in [2.75, 3.05) is 53.3 Å². The average molecular weight is 689 g/mol. The number of rotatable bonds is 20. The molecule has 2 N–H and O–H groups in total. The number of carbonyl (C=O) groups is 7. The van der Waals surface area contributed by atoms with Crippen LogP contribution in [0.3, 0.4) is 0 Å². The van der Waals surface area contributed by atoms with Crippen molar-refractivity contribution in [2.24, 2.45) is 0 Å². The van der Waals surface area contributed by atoms with Gasteiger partial charge < -0.3 is 53.3 Å². The molecule has 0 bridgehead atoms. The summed E-state index contributed by atoms with van der Waals surface area (Å²) in [7, 11) is 1.03. The number of terminal acetylenes is 1. The van der Waals surface area contributed by atoms with Gasteiger partial charge in [-0.15, -0.1) is 6.42 Å². The van der Waals surface area contributed by atoms with E-state index in [-0.39, 0.29) is 39.5 Å². The van der Waals surface area contributed by atoms with E-state index in [1.54, 1.807) is 6.92 Å². The number of ether oxygens (including phenoxy) is 9. The highest BCUT2D eigenvalue weighted by Crippen LogP contribution is 2.37. The summed E-state index contributed by atoms with van der Waals surface area (Å²) in [4.78, 5) is 86.8. The molecule has 0 aromatic rings. The fraction of sp³-hybridized carbons (Fsp3) is 0.700. The van der Waals surface area contributed by atoms with Crippen molar-refractivity contribution in [1.82, 2.24) is 10.6 Å². The summed E-state index contributed by atoms with van der Waals surface area (Å²) in [5.41, 5.74) is 0. The highest BCUT2D eigenvalue weighted by atomic mass is 16.7. The Labute approximate surface area is 278 Å². The van der Waals surface area contributed by atoms with E-state index in [1.807, 2.05) is 0 Å². The molecular formula is C30H44N2O16. The molecule has 6 atom stereocenters. The van der Waals surface area contributed by atoms with E-state index in [4.69, 9.17) is 49.1 Å². The molecule has 1 saturated heterocycles. The van der Waals surface area contributed by atoms with Crippen LogP contribution >= 0.6 is 0 Å². The Hall–Kier alpha value is -4.31. The summed E-state index contributed by atoms with van der Waals surface area (Å²) in [5, 5.41) is 5.05. The van der Waals surface area contributed by atoms with E-state index < -0.39 is 97.5 Å². The normalized spacial score (nSPS) is 21.3. The second-order valence-electron chi connectivity index (χ2n) is 10.1. The average Bonchev–Trinajstić information content (AvgIpc) is 3.02. The number of methoxy groups -OCH3 is 1. The van der Waals surface area contributed by atoms with Gasteiger partial charge in [0.2, 0.25) is 5.91 Å². The van der Waals surface area contributed by atoms with Crippen molar-refractivity contribution in [3.63, 3.8) is 0 Å². The molecule has 0 aromatic carbocycles. The van der Waals surface area contributed by atoms with Crippen LogP contribution in [0.25, 0.3) is 0 Å². The van der Waals surface area contributed by atoms with E-state index in [9.17, 15) is 33.6 Å². The zero-order chi connectivity index (χ0) is 36.3. The maximum absolute atomic E-state index is 13.4. The second kappa shape index (κ2) is 21.5. The van der Waals surface area contributed by atoms with E-state index in [2.05, 4.69) is 16.6 Å². The van der Waals surface area contributed by atoms with Crippen molar-refractivity contribution in [1.29, 1.82) is 0 Å². The molecule has 48 heavy (non-hydrogen) atoms. The Balaban J connectivity index is 3.72. The predicted octanol–water partition coefficient (Wildman–Crippen LogP) is -1.30. The van der Waals surface area contributed by atoms with Crippen LogP contribution in [0.2, 0.25) is 0 Å². The Bertz CT molecular complexity index is 1170. The Morgan fingerprint density at radius 1 is 0.896 bits per heavy atom. The van der Waals surface area contributed by atoms with Crippen LogP contribution in [0.15, 0.2) is 0 Å². The molecule has 0 aliphatic carbocycles. The van der Waals surface area contributed by atoms with Crippen molar-refractivity contribution in [3.05, 3.63) is 0 Å². The molecule has 1 aliphatic heterocycles. The first-order valence-electron chi connectivity index (χ1n) is 14.9. The molecule has 1 rings (SSSR count). The van der Waals surface area contributed by atoms with Gasteiger partial charge >= 0.3 is 29.8 Å². The van der Waals surface area contributed by atoms with Gasteiger partial charge in [0.25, 0.3) is 11.7 Å². The first-order chi connectivity index (χ1) is 22.7. The molecule has 0 radical (unpaired) electrons. The van der Waals surface area contributed by atoms with Crippen LogP contribution < -0.4 is 10.6 Å². The van der Waals surface area contributed by atoms with Crippen molar-refractivity contribution < 1.29 is 76.2 Å². The minimum Gasteiger partial charge on any atom is -0.465 e. The first-order valence-corrected chi connectivity index (χ1v) is 14.9. The van der Waals surface area contributed by atoms with Gasteiger partial charge in [-0.05, 0) is 0 Å². The molecule has 18 nitrogen and oxygen atoms in total. The summed E-state index contributed by atoms with van der Waals surface area (Å²) in [5.74, 6) is -5.97. The lowest BCUT2D eigenvalue weighted by molar-refractivity contribution is -0.315. The molecule has 1 fully saturated rings. The zero-order valence-corrected chi connectivity index (χ0v) is 27.9. The second-order valence-corrected chi connectivity index (χ2v) is 10.1. The number of hydrogen-bond acceptors (Lipinski definition) is 16. The highest BCUT2D eigenvalue weighted by molar-refractivity contribution is 5.81. The van der Waals surface area contributed by atoms with E-state index in [0.29, 0.717) is 0 Å². The molecule has 1 heterocycles. The Kier molecular flexibility index (Phi) is 18.7. The third-order valence-electron chi connectivity index (χ3n) is 6.35. The minimum absolute atomic E-state index is 0.0473. The Morgan fingerprint density at radius 3 is 2.10 bits per heavy atom. The van der Waals surface area contributed by atoms with Crippen LogP contribution in [0.4, 0.5) is 0 Å². The van der Waals surface area contributed by atoms with Gasteiger partial charge in [-0.2, -0.15) is 0 Å². The molecule has 18 heteroatoms. The lowest BCUT2D eigenvalue weighted by atomic mass is 9.87. The maximum Gasteiger partial charge on any atom is 0.366 e. The monoisotopic (exact) mass is 688 g/mol. The summed E-state index contributed by atoms with van der Waals surface area (Å²) in [6, 6.07) is -1.47. The number of carbonyl (C=O) groups excluding carboxylic acids is 7. The summed E-state index contributed by atoms with van der Waals surface area (Å²) < 4.78 is 48.9. The van der Waals surface area contributed by atoms with E-state index >= 15 is 0 Å². The third kappa shape index (κ3) is 14.6. The molecule has 2 amide bonds. The Morgan fingerprint density at radius 2 is 1.54 bits per heavy atom. The van der Waals surface area contributed by atoms with E-state index in [1.165, 1.54) is 0 Å². The minimum atomic E-state index is -2.38. The van der Waals surface area contributed by atoms with Gasteiger partial charge in [-0.3, -0.25) is 28.8 Å². The van der Waals surface area contributed by atoms with Crippen LogP contribution in [0, 0.1) is 12.3 Å². The molecule has 270 valence electrons. The molecule has 1 aliphatic rings. The zero-order valence-electron chi connectivity index (χ0n) is 27.9. The van der Waals surface area contributed by atoms with Gasteiger partial charge in [-0.1, -0.05) is 12.8 Å². The van der Waals surface area contributed by atoms with Crippen molar-refractivity contribution in [3.8, 4) is 12.3 Å². The predicted molar refractivity (Wildman–Crippen MR) is 159 cm³/mol. The molecule has 0 spiro atoms. The SMILES string of the molecule is C#CCOCCOCCO[C@]1(C(=O)OC)C[C@H](OC(C)=O)[C@@H](NC(=O)COC(C)=O)[C@H]([C@H](OC(C)=O)[C@@H](CNC(=O)CC)OC(C)=O)O1. The van der Waals surface area contributed by atoms with Gasteiger partial charge in [0.15, 0.2) is 18.8 Å². The number of nitrogens with one attached hydrogen (secondary N) is 2. The maximum atomic E-state index is 13.4. The van der Waals surface area contributed by atoms with Crippen molar-refractivity contribution >= 4 is 41.7 Å². The third-order valence-corrected chi connectivity index (χ3v) is 6.35. The van der Waals surface area contributed by atoms with Gasteiger partial charge in [-0.25, -0.2) is 4.79 Å². The van der Waals surface area contributed by atoms with Gasteiger partial charge in [0.1, 0.15) is 18.8 Å². The summed E-state index contributed by atoms with van der Waals surface area (Å²) in [6.07, 6.45) is -1.75. The first kappa shape index (κ1) is 41.7. The smallest absolute Gasteiger partial charge is 0.366 e. The number of amides is 2. The molecule has 0 saturated carbocycles. The van der Waals surface area contributed by atoms with Crippen molar-refractivity contribution in [2.45, 2.75) is 83.7 Å².